The first-order valence-corrected chi connectivity index (χ1v) is 13.4. The SMILES string of the molecule is N#Cc1ccc(CSc2nc3c(c(=O)n2-c2ccccc2)CN(c2nc4ccc(C(F)(F)F)cc4[nH]2)CC3)cc1. The fraction of sp³-hybridized carbons (Fsp3) is 0.172. The van der Waals surface area contributed by atoms with Gasteiger partial charge in [0.15, 0.2) is 5.16 Å². The number of aromatic nitrogens is 4. The molecule has 2 aromatic heterocycles. The number of benzene rings is 3. The lowest BCUT2D eigenvalue weighted by Gasteiger charge is -2.28. The van der Waals surface area contributed by atoms with Crippen molar-refractivity contribution in [3.63, 3.8) is 0 Å². The van der Waals surface area contributed by atoms with Crippen LogP contribution in [0.3, 0.4) is 0 Å². The van der Waals surface area contributed by atoms with Crippen LogP contribution in [0.1, 0.15) is 27.9 Å². The van der Waals surface area contributed by atoms with Crippen molar-refractivity contribution in [1.29, 1.82) is 5.26 Å². The molecular weight excluding hydrogens is 537 g/mol. The van der Waals surface area contributed by atoms with Gasteiger partial charge < -0.3 is 9.88 Å². The molecule has 40 heavy (non-hydrogen) atoms. The summed E-state index contributed by atoms with van der Waals surface area (Å²) in [6.45, 7) is 0.723. The van der Waals surface area contributed by atoms with Crippen LogP contribution >= 0.6 is 11.8 Å². The number of alkyl halides is 3. The average Bonchev–Trinajstić information content (AvgIpc) is 3.40. The van der Waals surface area contributed by atoms with E-state index in [0.717, 1.165) is 17.7 Å². The van der Waals surface area contributed by atoms with Crippen LogP contribution in [0.4, 0.5) is 19.1 Å². The first-order chi connectivity index (χ1) is 19.3. The summed E-state index contributed by atoms with van der Waals surface area (Å²) in [4.78, 5) is 28.2. The lowest BCUT2D eigenvalue weighted by molar-refractivity contribution is -0.137. The highest BCUT2D eigenvalue weighted by molar-refractivity contribution is 7.98. The smallest absolute Gasteiger partial charge is 0.337 e. The Bertz CT molecular complexity index is 1810. The number of para-hydroxylation sites is 1. The second-order valence-electron chi connectivity index (χ2n) is 9.35. The number of halogens is 3. The standard InChI is InChI=1S/C29H21F3N6OS/c30-29(31,32)20-10-11-24-25(14-20)35-27(34-24)37-13-12-23-22(16-37)26(39)38(21-4-2-1-3-5-21)28(36-23)40-17-19-8-6-18(15-33)7-9-19/h1-11,14H,12-13,16-17H2,(H,34,35). The van der Waals surface area contributed by atoms with Gasteiger partial charge in [-0.2, -0.15) is 18.4 Å². The Labute approximate surface area is 230 Å². The molecule has 5 aromatic rings. The molecular formula is C29H21F3N6OS. The van der Waals surface area contributed by atoms with E-state index >= 15 is 0 Å². The van der Waals surface area contributed by atoms with Crippen molar-refractivity contribution in [2.45, 2.75) is 30.1 Å². The molecule has 0 bridgehead atoms. The molecule has 3 heterocycles. The summed E-state index contributed by atoms with van der Waals surface area (Å²) in [6, 6.07) is 22.1. The highest BCUT2D eigenvalue weighted by Gasteiger charge is 2.31. The summed E-state index contributed by atoms with van der Waals surface area (Å²) in [5, 5.41) is 9.62. The van der Waals surface area contributed by atoms with Crippen molar-refractivity contribution in [3.8, 4) is 11.8 Å². The van der Waals surface area contributed by atoms with Crippen LogP contribution in [0.25, 0.3) is 16.7 Å². The molecule has 7 nitrogen and oxygen atoms in total. The maximum Gasteiger partial charge on any atom is 0.416 e. The number of nitrogens with one attached hydrogen (secondary N) is 1. The number of fused-ring (bicyclic) bond motifs is 2. The van der Waals surface area contributed by atoms with E-state index in [1.54, 1.807) is 16.7 Å². The second-order valence-corrected chi connectivity index (χ2v) is 10.3. The van der Waals surface area contributed by atoms with E-state index in [1.165, 1.54) is 17.8 Å². The third-order valence-corrected chi connectivity index (χ3v) is 7.77. The first kappa shape index (κ1) is 25.7. The summed E-state index contributed by atoms with van der Waals surface area (Å²) in [6.07, 6.45) is -3.97. The zero-order valence-corrected chi connectivity index (χ0v) is 21.8. The van der Waals surface area contributed by atoms with Crippen molar-refractivity contribution >= 4 is 28.7 Å². The summed E-state index contributed by atoms with van der Waals surface area (Å²) >= 11 is 1.44. The Kier molecular flexibility index (Phi) is 6.56. The maximum atomic E-state index is 13.9. The second kappa shape index (κ2) is 10.2. The van der Waals surface area contributed by atoms with Crippen LogP contribution < -0.4 is 10.5 Å². The van der Waals surface area contributed by atoms with Crippen LogP contribution in [0.2, 0.25) is 0 Å². The molecule has 0 unspecified atom stereocenters. The minimum Gasteiger partial charge on any atom is -0.337 e. The van der Waals surface area contributed by atoms with Crippen molar-refractivity contribution in [2.75, 3.05) is 11.4 Å². The van der Waals surface area contributed by atoms with Crippen molar-refractivity contribution < 1.29 is 13.2 Å². The Morgan fingerprint density at radius 1 is 1.02 bits per heavy atom. The van der Waals surface area contributed by atoms with Gasteiger partial charge in [0.25, 0.3) is 5.56 Å². The summed E-state index contributed by atoms with van der Waals surface area (Å²) in [7, 11) is 0. The minimum atomic E-state index is -4.45. The number of anilines is 1. The van der Waals surface area contributed by atoms with E-state index in [1.807, 2.05) is 47.4 Å². The van der Waals surface area contributed by atoms with Gasteiger partial charge in [-0.1, -0.05) is 42.1 Å². The summed E-state index contributed by atoms with van der Waals surface area (Å²) in [5.74, 6) is 0.972. The average molecular weight is 559 g/mol. The molecule has 0 saturated carbocycles. The van der Waals surface area contributed by atoms with E-state index in [9.17, 15) is 18.0 Å². The molecule has 1 aliphatic rings. The quantitative estimate of drug-likeness (QED) is 0.215. The van der Waals surface area contributed by atoms with Crippen LogP contribution in [0, 0.1) is 11.3 Å². The van der Waals surface area contributed by atoms with Gasteiger partial charge in [0.05, 0.1) is 51.7 Å². The van der Waals surface area contributed by atoms with E-state index in [-0.39, 0.29) is 17.6 Å². The number of hydrogen-bond acceptors (Lipinski definition) is 6. The fourth-order valence-corrected chi connectivity index (χ4v) is 5.66. The van der Waals surface area contributed by atoms with Crippen LogP contribution in [0.5, 0.6) is 0 Å². The van der Waals surface area contributed by atoms with Crippen LogP contribution in [-0.2, 0) is 24.9 Å². The molecule has 0 spiro atoms. The molecule has 1 N–H and O–H groups in total. The molecule has 11 heteroatoms. The number of H-pyrrole nitrogens is 1. The first-order valence-electron chi connectivity index (χ1n) is 12.4. The van der Waals surface area contributed by atoms with Gasteiger partial charge in [-0.15, -0.1) is 0 Å². The number of rotatable bonds is 5. The van der Waals surface area contributed by atoms with Gasteiger partial charge >= 0.3 is 6.18 Å². The zero-order valence-electron chi connectivity index (χ0n) is 20.9. The van der Waals surface area contributed by atoms with Gasteiger partial charge in [0, 0.05) is 18.7 Å². The largest absolute Gasteiger partial charge is 0.416 e. The molecule has 0 aliphatic carbocycles. The van der Waals surface area contributed by atoms with Crippen molar-refractivity contribution in [1.82, 2.24) is 19.5 Å². The Hall–Kier alpha value is -4.56. The molecule has 0 amide bonds. The molecule has 6 rings (SSSR count). The normalized spacial score (nSPS) is 13.3. The molecule has 200 valence electrons. The molecule has 0 saturated heterocycles. The van der Waals surface area contributed by atoms with Crippen LogP contribution in [-0.4, -0.2) is 26.1 Å². The topological polar surface area (TPSA) is 90.6 Å². The highest BCUT2D eigenvalue weighted by atomic mass is 32.2. The Balaban J connectivity index is 1.34. The van der Waals surface area contributed by atoms with E-state index in [2.05, 4.69) is 16.0 Å². The number of thioether (sulfide) groups is 1. The third kappa shape index (κ3) is 4.94. The number of nitrogens with zero attached hydrogens (tertiary/aromatic N) is 5. The maximum absolute atomic E-state index is 13.9. The van der Waals surface area contributed by atoms with Gasteiger partial charge in [0.2, 0.25) is 5.95 Å². The summed E-state index contributed by atoms with van der Waals surface area (Å²) in [5.41, 5.74) is 3.25. The van der Waals surface area contributed by atoms with Crippen molar-refractivity contribution in [2.24, 2.45) is 0 Å². The third-order valence-electron chi connectivity index (χ3n) is 6.76. The van der Waals surface area contributed by atoms with E-state index < -0.39 is 11.7 Å². The molecule has 0 radical (unpaired) electrons. The lowest BCUT2D eigenvalue weighted by atomic mass is 10.1. The van der Waals surface area contributed by atoms with Gasteiger partial charge in [-0.25, -0.2) is 9.97 Å². The lowest BCUT2D eigenvalue weighted by Crippen LogP contribution is -2.38. The van der Waals surface area contributed by atoms with Gasteiger partial charge in [-0.05, 0) is 48.0 Å². The Morgan fingerprint density at radius 3 is 2.52 bits per heavy atom. The predicted molar refractivity (Wildman–Crippen MR) is 146 cm³/mol. The number of nitriles is 1. The van der Waals surface area contributed by atoms with Crippen molar-refractivity contribution in [3.05, 3.63) is 111 Å². The predicted octanol–water partition coefficient (Wildman–Crippen LogP) is 5.85. The van der Waals surface area contributed by atoms with Crippen LogP contribution in [0.15, 0.2) is 82.7 Å². The van der Waals surface area contributed by atoms with Gasteiger partial charge in [-0.3, -0.25) is 9.36 Å². The molecule has 1 aliphatic heterocycles. The van der Waals surface area contributed by atoms with E-state index in [4.69, 9.17) is 10.2 Å². The van der Waals surface area contributed by atoms with E-state index in [0.29, 0.717) is 57.8 Å². The Morgan fingerprint density at radius 2 is 1.80 bits per heavy atom. The number of hydrogen-bond donors (Lipinski definition) is 1. The summed E-state index contributed by atoms with van der Waals surface area (Å²) < 4.78 is 41.1. The highest BCUT2D eigenvalue weighted by Crippen LogP contribution is 2.32. The fourth-order valence-electron chi connectivity index (χ4n) is 4.68. The monoisotopic (exact) mass is 558 g/mol. The van der Waals surface area contributed by atoms with Gasteiger partial charge in [0.1, 0.15) is 0 Å². The number of imidazole rings is 1. The molecule has 0 fully saturated rings. The minimum absolute atomic E-state index is 0.196. The number of aromatic amines is 1. The molecule has 3 aromatic carbocycles. The molecule has 0 atom stereocenters. The zero-order chi connectivity index (χ0) is 27.9.